The molecule has 0 unspecified atom stereocenters. The van der Waals surface area contributed by atoms with Gasteiger partial charge in [0.15, 0.2) is 11.5 Å². The first-order valence-electron chi connectivity index (χ1n) is 8.96. The van der Waals surface area contributed by atoms with Gasteiger partial charge in [0.2, 0.25) is 5.91 Å². The number of carbonyl (C=O) groups is 1. The lowest BCUT2D eigenvalue weighted by atomic mass is 10.1. The Morgan fingerprint density at radius 1 is 1.00 bits per heavy atom. The molecule has 0 aliphatic rings. The van der Waals surface area contributed by atoms with Gasteiger partial charge in [0.25, 0.3) is 0 Å². The lowest BCUT2D eigenvalue weighted by Crippen LogP contribution is -2.05. The van der Waals surface area contributed by atoms with Gasteiger partial charge in [-0.2, -0.15) is 5.10 Å². The molecule has 0 aliphatic carbocycles. The van der Waals surface area contributed by atoms with Crippen LogP contribution in [0.1, 0.15) is 6.92 Å². The number of nitrogens with one attached hydrogen (secondary N) is 1. The van der Waals surface area contributed by atoms with Crippen LogP contribution in [0, 0.1) is 5.82 Å². The molecule has 4 aromatic heterocycles. The fourth-order valence-corrected chi connectivity index (χ4v) is 3.30. The van der Waals surface area contributed by atoms with Gasteiger partial charge in [0.05, 0.1) is 11.9 Å². The van der Waals surface area contributed by atoms with Crippen LogP contribution in [0.3, 0.4) is 0 Å². The zero-order valence-electron chi connectivity index (χ0n) is 15.4. The van der Waals surface area contributed by atoms with Crippen molar-refractivity contribution in [1.29, 1.82) is 0 Å². The number of nitrogens with zero attached hydrogens (tertiary/aromatic N) is 5. The van der Waals surface area contributed by atoms with E-state index in [1.54, 1.807) is 22.8 Å². The Labute approximate surface area is 164 Å². The fraction of sp³-hybridized carbons (Fsp3) is 0.0476. The lowest BCUT2D eigenvalue weighted by Gasteiger charge is -2.05. The first-order valence-corrected chi connectivity index (χ1v) is 8.96. The van der Waals surface area contributed by atoms with Crippen LogP contribution in [0.4, 0.5) is 10.2 Å². The molecule has 0 saturated heterocycles. The number of carbonyl (C=O) groups excluding carboxylic acids is 1. The van der Waals surface area contributed by atoms with Crippen molar-refractivity contribution in [1.82, 2.24) is 24.0 Å². The average molecular weight is 386 g/mol. The molecule has 5 aromatic rings. The van der Waals surface area contributed by atoms with Crippen molar-refractivity contribution in [3.63, 3.8) is 0 Å². The Balaban J connectivity index is 1.72. The molecule has 4 heterocycles. The Hall–Kier alpha value is -4.07. The molecule has 0 saturated carbocycles. The Morgan fingerprint density at radius 3 is 2.62 bits per heavy atom. The summed E-state index contributed by atoms with van der Waals surface area (Å²) >= 11 is 0. The number of pyridine rings is 1. The molecule has 0 radical (unpaired) electrons. The first-order chi connectivity index (χ1) is 14.1. The van der Waals surface area contributed by atoms with Gasteiger partial charge in [-0.3, -0.25) is 9.20 Å². The summed E-state index contributed by atoms with van der Waals surface area (Å²) in [4.78, 5) is 20.4. The Kier molecular flexibility index (Phi) is 3.83. The molecular formula is C21H15FN6O. The summed E-state index contributed by atoms with van der Waals surface area (Å²) in [5, 5.41) is 7.32. The van der Waals surface area contributed by atoms with Crippen LogP contribution in [0.5, 0.6) is 0 Å². The van der Waals surface area contributed by atoms with E-state index in [4.69, 9.17) is 4.98 Å². The highest BCUT2D eigenvalue weighted by Gasteiger charge is 2.18. The van der Waals surface area contributed by atoms with Crippen molar-refractivity contribution in [2.75, 3.05) is 5.32 Å². The number of hydrogen-bond donors (Lipinski definition) is 1. The second-order valence-corrected chi connectivity index (χ2v) is 6.57. The number of imidazole rings is 2. The second kappa shape index (κ2) is 6.52. The van der Waals surface area contributed by atoms with Crippen LogP contribution in [0.15, 0.2) is 67.0 Å². The minimum atomic E-state index is -0.303. The monoisotopic (exact) mass is 386 g/mol. The standard InChI is InChI=1S/C21H15FN6O/c1-13(29)23-17-12-28-19(24-17)10-9-16(26-28)21-20(14-5-7-15(22)8-6-14)25-18-4-2-3-11-27(18)21/h2-12H,1H3,(H,23,29). The maximum absolute atomic E-state index is 13.4. The van der Waals surface area contributed by atoms with Crippen LogP contribution in [-0.2, 0) is 4.79 Å². The van der Waals surface area contributed by atoms with Gasteiger partial charge in [0, 0.05) is 18.7 Å². The van der Waals surface area contributed by atoms with E-state index in [0.29, 0.717) is 22.9 Å². The van der Waals surface area contributed by atoms with Gasteiger partial charge in [-0.25, -0.2) is 18.9 Å². The van der Waals surface area contributed by atoms with Gasteiger partial charge in [0.1, 0.15) is 22.9 Å². The SMILES string of the molecule is CC(=O)Nc1cn2nc(-c3c(-c4ccc(F)cc4)nc4ccccn34)ccc2n1. The molecule has 1 aromatic carbocycles. The topological polar surface area (TPSA) is 76.6 Å². The highest BCUT2D eigenvalue weighted by molar-refractivity contribution is 5.88. The number of benzene rings is 1. The van der Waals surface area contributed by atoms with E-state index in [1.165, 1.54) is 19.1 Å². The maximum atomic E-state index is 13.4. The van der Waals surface area contributed by atoms with Crippen molar-refractivity contribution < 1.29 is 9.18 Å². The van der Waals surface area contributed by atoms with Gasteiger partial charge in [-0.05, 0) is 48.5 Å². The summed E-state index contributed by atoms with van der Waals surface area (Å²) in [6.07, 6.45) is 3.56. The van der Waals surface area contributed by atoms with Crippen LogP contribution in [0.2, 0.25) is 0 Å². The quantitative estimate of drug-likeness (QED) is 0.512. The summed E-state index contributed by atoms with van der Waals surface area (Å²) in [7, 11) is 0. The van der Waals surface area contributed by atoms with Crippen molar-refractivity contribution in [3.8, 4) is 22.6 Å². The average Bonchev–Trinajstić information content (AvgIpc) is 3.28. The Bertz CT molecular complexity index is 1370. The molecule has 1 N–H and O–H groups in total. The third kappa shape index (κ3) is 3.00. The maximum Gasteiger partial charge on any atom is 0.222 e. The Morgan fingerprint density at radius 2 is 1.83 bits per heavy atom. The van der Waals surface area contributed by atoms with Crippen LogP contribution in [-0.4, -0.2) is 29.9 Å². The number of aromatic nitrogens is 5. The lowest BCUT2D eigenvalue weighted by molar-refractivity contribution is -0.114. The summed E-state index contributed by atoms with van der Waals surface area (Å²) < 4.78 is 17.0. The molecule has 5 rings (SSSR count). The molecule has 0 aliphatic heterocycles. The van der Waals surface area contributed by atoms with E-state index in [9.17, 15) is 9.18 Å². The summed E-state index contributed by atoms with van der Waals surface area (Å²) in [6, 6.07) is 15.6. The number of anilines is 1. The minimum absolute atomic E-state index is 0.200. The predicted molar refractivity (Wildman–Crippen MR) is 107 cm³/mol. The second-order valence-electron chi connectivity index (χ2n) is 6.57. The van der Waals surface area contributed by atoms with Gasteiger partial charge < -0.3 is 5.32 Å². The smallest absolute Gasteiger partial charge is 0.222 e. The molecule has 0 bridgehead atoms. The van der Waals surface area contributed by atoms with E-state index >= 15 is 0 Å². The third-order valence-corrected chi connectivity index (χ3v) is 4.51. The van der Waals surface area contributed by atoms with E-state index in [1.807, 2.05) is 40.9 Å². The van der Waals surface area contributed by atoms with Crippen LogP contribution >= 0.6 is 0 Å². The molecule has 0 spiro atoms. The first kappa shape index (κ1) is 17.1. The van der Waals surface area contributed by atoms with Crippen LogP contribution < -0.4 is 5.32 Å². The number of hydrogen-bond acceptors (Lipinski definition) is 4. The highest BCUT2D eigenvalue weighted by Crippen LogP contribution is 2.32. The molecule has 0 fully saturated rings. The van der Waals surface area contributed by atoms with E-state index in [2.05, 4.69) is 15.4 Å². The number of rotatable bonds is 3. The van der Waals surface area contributed by atoms with Crippen molar-refractivity contribution >= 4 is 23.0 Å². The zero-order chi connectivity index (χ0) is 20.0. The molecule has 142 valence electrons. The molecule has 0 atom stereocenters. The van der Waals surface area contributed by atoms with Crippen LogP contribution in [0.25, 0.3) is 33.9 Å². The number of halogens is 1. The molecular weight excluding hydrogens is 371 g/mol. The third-order valence-electron chi connectivity index (χ3n) is 4.51. The summed E-state index contributed by atoms with van der Waals surface area (Å²) in [5.41, 5.74) is 4.30. The van der Waals surface area contributed by atoms with Crippen molar-refractivity contribution in [3.05, 3.63) is 72.8 Å². The molecule has 7 nitrogen and oxygen atoms in total. The zero-order valence-corrected chi connectivity index (χ0v) is 15.4. The van der Waals surface area contributed by atoms with Gasteiger partial charge >= 0.3 is 0 Å². The molecule has 8 heteroatoms. The van der Waals surface area contributed by atoms with Crippen molar-refractivity contribution in [2.24, 2.45) is 0 Å². The van der Waals surface area contributed by atoms with E-state index < -0.39 is 0 Å². The number of fused-ring (bicyclic) bond motifs is 2. The summed E-state index contributed by atoms with van der Waals surface area (Å²) in [6.45, 7) is 1.43. The predicted octanol–water partition coefficient (Wildman–Crippen LogP) is 3.81. The van der Waals surface area contributed by atoms with E-state index in [0.717, 1.165) is 16.9 Å². The summed E-state index contributed by atoms with van der Waals surface area (Å²) in [5.74, 6) is -0.0735. The van der Waals surface area contributed by atoms with Gasteiger partial charge in [-0.15, -0.1) is 0 Å². The minimum Gasteiger partial charge on any atom is -0.310 e. The largest absolute Gasteiger partial charge is 0.310 e. The van der Waals surface area contributed by atoms with Gasteiger partial charge in [-0.1, -0.05) is 6.07 Å². The molecule has 1 amide bonds. The highest BCUT2D eigenvalue weighted by atomic mass is 19.1. The van der Waals surface area contributed by atoms with Crippen molar-refractivity contribution in [2.45, 2.75) is 6.92 Å². The molecule has 29 heavy (non-hydrogen) atoms. The number of amides is 1. The fourth-order valence-electron chi connectivity index (χ4n) is 3.30. The normalized spacial score (nSPS) is 11.2. The van der Waals surface area contributed by atoms with E-state index in [-0.39, 0.29) is 11.7 Å².